The first-order chi connectivity index (χ1) is 12.6. The van der Waals surface area contributed by atoms with Crippen LogP contribution in [0.25, 0.3) is 0 Å². The van der Waals surface area contributed by atoms with Crippen LogP contribution < -0.4 is 10.7 Å². The molecule has 2 fully saturated rings. The van der Waals surface area contributed by atoms with E-state index in [1.165, 1.54) is 25.6 Å². The molecule has 0 aromatic carbocycles. The van der Waals surface area contributed by atoms with Gasteiger partial charge in [-0.05, 0) is 33.0 Å². The molecule has 0 atom stereocenters. The highest BCUT2D eigenvalue weighted by Crippen LogP contribution is 2.29. The summed E-state index contributed by atoms with van der Waals surface area (Å²) < 4.78 is 0. The standard InChI is InChI=1S/C16H28N8O2/c1-21-9-11-23(12-10-21)20-16-14(24(25)26)15(18-13-19-16)17-5-8-22-6-3-2-4-7-22/h13H,2-12H2,1H3,(H2,17,18,19,20). The molecule has 3 rings (SSSR count). The van der Waals surface area contributed by atoms with Gasteiger partial charge in [0.05, 0.1) is 4.92 Å². The van der Waals surface area contributed by atoms with Crippen LogP contribution in [0.2, 0.25) is 0 Å². The molecule has 2 aliphatic heterocycles. The van der Waals surface area contributed by atoms with Gasteiger partial charge in [0.25, 0.3) is 0 Å². The van der Waals surface area contributed by atoms with Crippen LogP contribution in [0.15, 0.2) is 6.33 Å². The third-order valence-electron chi connectivity index (χ3n) is 4.94. The van der Waals surface area contributed by atoms with E-state index in [1.807, 2.05) is 5.01 Å². The summed E-state index contributed by atoms with van der Waals surface area (Å²) in [6.45, 7) is 7.09. The zero-order valence-corrected chi connectivity index (χ0v) is 15.4. The number of aromatic nitrogens is 2. The van der Waals surface area contributed by atoms with Crippen molar-refractivity contribution in [1.82, 2.24) is 24.8 Å². The Balaban J connectivity index is 1.62. The van der Waals surface area contributed by atoms with Gasteiger partial charge in [0, 0.05) is 39.3 Å². The van der Waals surface area contributed by atoms with Gasteiger partial charge in [-0.2, -0.15) is 0 Å². The van der Waals surface area contributed by atoms with Gasteiger partial charge in [0.15, 0.2) is 0 Å². The maximum absolute atomic E-state index is 11.6. The molecule has 0 radical (unpaired) electrons. The van der Waals surface area contributed by atoms with Crippen LogP contribution in [0.5, 0.6) is 0 Å². The van der Waals surface area contributed by atoms with Gasteiger partial charge < -0.3 is 15.1 Å². The Bertz CT molecular complexity index is 600. The van der Waals surface area contributed by atoms with Crippen LogP contribution in [0.3, 0.4) is 0 Å². The third-order valence-corrected chi connectivity index (χ3v) is 4.94. The largest absolute Gasteiger partial charge is 0.363 e. The number of nitrogens with one attached hydrogen (secondary N) is 2. The Labute approximate surface area is 153 Å². The molecule has 3 heterocycles. The molecule has 2 N–H and O–H groups in total. The van der Waals surface area contributed by atoms with Crippen molar-refractivity contribution >= 4 is 17.3 Å². The highest BCUT2D eigenvalue weighted by molar-refractivity contribution is 5.68. The summed E-state index contributed by atoms with van der Waals surface area (Å²) in [7, 11) is 2.06. The Morgan fingerprint density at radius 1 is 1.08 bits per heavy atom. The fourth-order valence-electron chi connectivity index (χ4n) is 3.35. The Morgan fingerprint density at radius 3 is 2.46 bits per heavy atom. The number of hydrogen-bond donors (Lipinski definition) is 2. The number of likely N-dealkylation sites (N-methyl/N-ethyl adjacent to an activating group) is 1. The molecule has 0 spiro atoms. The molecule has 10 heteroatoms. The molecule has 10 nitrogen and oxygen atoms in total. The fourth-order valence-corrected chi connectivity index (χ4v) is 3.35. The Morgan fingerprint density at radius 2 is 1.77 bits per heavy atom. The second-order valence-electron chi connectivity index (χ2n) is 6.91. The van der Waals surface area contributed by atoms with Gasteiger partial charge in [-0.3, -0.25) is 15.5 Å². The lowest BCUT2D eigenvalue weighted by molar-refractivity contribution is -0.383. The summed E-state index contributed by atoms with van der Waals surface area (Å²) >= 11 is 0. The molecule has 1 aromatic rings. The van der Waals surface area contributed by atoms with Gasteiger partial charge in [-0.25, -0.2) is 15.0 Å². The number of rotatable bonds is 7. The van der Waals surface area contributed by atoms with Crippen LogP contribution in [-0.4, -0.2) is 89.1 Å². The number of hydrazine groups is 1. The smallest absolute Gasteiger partial charge is 0.354 e. The number of likely N-dealkylation sites (tertiary alicyclic amines) is 1. The molecule has 144 valence electrons. The number of piperazine rings is 1. The van der Waals surface area contributed by atoms with Crippen molar-refractivity contribution in [2.45, 2.75) is 19.3 Å². The summed E-state index contributed by atoms with van der Waals surface area (Å²) in [5.41, 5.74) is 3.00. The average Bonchev–Trinajstić information content (AvgIpc) is 2.64. The topological polar surface area (TPSA) is 103 Å². The molecule has 0 aliphatic carbocycles. The molecule has 0 bridgehead atoms. The van der Waals surface area contributed by atoms with E-state index in [4.69, 9.17) is 0 Å². The highest BCUT2D eigenvalue weighted by atomic mass is 16.6. The zero-order chi connectivity index (χ0) is 18.4. The maximum Gasteiger partial charge on any atom is 0.354 e. The van der Waals surface area contributed by atoms with E-state index in [2.05, 4.69) is 37.6 Å². The summed E-state index contributed by atoms with van der Waals surface area (Å²) in [6, 6.07) is 0. The molecule has 2 aliphatic rings. The predicted molar refractivity (Wildman–Crippen MR) is 100 cm³/mol. The predicted octanol–water partition coefficient (Wildman–Crippen LogP) is 0.857. The Kier molecular flexibility index (Phi) is 6.53. The quantitative estimate of drug-likeness (QED) is 0.538. The van der Waals surface area contributed by atoms with Crippen LogP contribution in [-0.2, 0) is 0 Å². The van der Waals surface area contributed by atoms with Crippen molar-refractivity contribution in [2.75, 3.05) is 70.1 Å². The summed E-state index contributed by atoms with van der Waals surface area (Å²) in [5, 5.41) is 16.7. The van der Waals surface area contributed by atoms with Crippen LogP contribution in [0, 0.1) is 10.1 Å². The van der Waals surface area contributed by atoms with E-state index >= 15 is 0 Å². The lowest BCUT2D eigenvalue weighted by Crippen LogP contribution is -2.47. The number of nitrogens with zero attached hydrogens (tertiary/aromatic N) is 6. The van der Waals surface area contributed by atoms with Crippen molar-refractivity contribution in [1.29, 1.82) is 0 Å². The molecule has 0 amide bonds. The van der Waals surface area contributed by atoms with E-state index in [0.29, 0.717) is 6.54 Å². The summed E-state index contributed by atoms with van der Waals surface area (Å²) in [5.74, 6) is 0.522. The van der Waals surface area contributed by atoms with E-state index in [0.717, 1.165) is 45.8 Å². The van der Waals surface area contributed by atoms with Gasteiger partial charge in [-0.15, -0.1) is 0 Å². The Hall–Kier alpha value is -2.04. The molecular weight excluding hydrogens is 336 g/mol. The second kappa shape index (κ2) is 9.06. The molecule has 2 saturated heterocycles. The summed E-state index contributed by atoms with van der Waals surface area (Å²) in [6.07, 6.45) is 5.12. The summed E-state index contributed by atoms with van der Waals surface area (Å²) in [4.78, 5) is 24.0. The number of hydrogen-bond acceptors (Lipinski definition) is 9. The van der Waals surface area contributed by atoms with Crippen LogP contribution in [0.1, 0.15) is 19.3 Å². The first-order valence-electron chi connectivity index (χ1n) is 9.29. The van der Waals surface area contributed by atoms with Crippen molar-refractivity contribution in [2.24, 2.45) is 0 Å². The average molecular weight is 364 g/mol. The van der Waals surface area contributed by atoms with Gasteiger partial charge >= 0.3 is 5.69 Å². The number of anilines is 2. The number of piperidine rings is 1. The van der Waals surface area contributed by atoms with Gasteiger partial charge in [0.1, 0.15) is 6.33 Å². The second-order valence-corrected chi connectivity index (χ2v) is 6.91. The molecule has 26 heavy (non-hydrogen) atoms. The van der Waals surface area contributed by atoms with Crippen LogP contribution >= 0.6 is 0 Å². The number of nitro groups is 1. The molecular formula is C16H28N8O2. The lowest BCUT2D eigenvalue weighted by atomic mass is 10.1. The first kappa shape index (κ1) is 18.7. The molecule has 0 unspecified atom stereocenters. The van der Waals surface area contributed by atoms with Crippen molar-refractivity contribution in [3.63, 3.8) is 0 Å². The van der Waals surface area contributed by atoms with Crippen molar-refractivity contribution < 1.29 is 4.92 Å². The van der Waals surface area contributed by atoms with Crippen molar-refractivity contribution in [3.05, 3.63) is 16.4 Å². The van der Waals surface area contributed by atoms with Crippen LogP contribution in [0.4, 0.5) is 17.3 Å². The van der Waals surface area contributed by atoms with Gasteiger partial charge in [0.2, 0.25) is 11.6 Å². The van der Waals surface area contributed by atoms with Crippen molar-refractivity contribution in [3.8, 4) is 0 Å². The van der Waals surface area contributed by atoms with E-state index in [9.17, 15) is 10.1 Å². The van der Waals surface area contributed by atoms with E-state index in [-0.39, 0.29) is 17.3 Å². The first-order valence-corrected chi connectivity index (χ1v) is 9.29. The highest BCUT2D eigenvalue weighted by Gasteiger charge is 2.25. The molecule has 1 aromatic heterocycles. The lowest BCUT2D eigenvalue weighted by Gasteiger charge is -2.32. The minimum absolute atomic E-state index is 0.0925. The molecule has 0 saturated carbocycles. The minimum Gasteiger partial charge on any atom is -0.363 e. The monoisotopic (exact) mass is 364 g/mol. The third kappa shape index (κ3) is 4.99. The normalized spacial score (nSPS) is 20.0. The minimum atomic E-state index is -0.415. The van der Waals surface area contributed by atoms with Gasteiger partial charge in [-0.1, -0.05) is 6.42 Å². The SMILES string of the molecule is CN1CCN(Nc2ncnc(NCCN3CCCCC3)c2[N+](=O)[O-])CC1. The van der Waals surface area contributed by atoms with E-state index in [1.54, 1.807) is 0 Å². The fraction of sp³-hybridized carbons (Fsp3) is 0.750. The maximum atomic E-state index is 11.6. The zero-order valence-electron chi connectivity index (χ0n) is 15.4. The van der Waals surface area contributed by atoms with E-state index < -0.39 is 4.92 Å².